The van der Waals surface area contributed by atoms with E-state index in [0.29, 0.717) is 151 Å². The largest absolute Gasteiger partial charge is 0.491 e. The van der Waals surface area contributed by atoms with Crippen LogP contribution in [0, 0.1) is 0 Å². The summed E-state index contributed by atoms with van der Waals surface area (Å²) in [6.45, 7) is 6.23. The van der Waals surface area contributed by atoms with Crippen molar-refractivity contribution in [3.8, 4) is 45.3 Å². The molecule has 1 heterocycles. The Morgan fingerprint density at radius 2 is 0.463 bits per heavy atom. The molecule has 1 aliphatic heterocycles. The van der Waals surface area contributed by atoms with E-state index in [2.05, 4.69) is 0 Å². The van der Waals surface area contributed by atoms with Crippen molar-refractivity contribution >= 4 is 11.6 Å². The maximum absolute atomic E-state index is 13.3. The highest BCUT2D eigenvalue weighted by atomic mass is 16.6. The summed E-state index contributed by atoms with van der Waals surface area (Å²) in [5, 5.41) is 0. The molecule has 0 N–H and O–H groups in total. The van der Waals surface area contributed by atoms with Gasteiger partial charge in [0, 0.05) is 22.3 Å². The van der Waals surface area contributed by atoms with Gasteiger partial charge in [-0.15, -0.1) is 0 Å². The van der Waals surface area contributed by atoms with Crippen LogP contribution in [0.3, 0.4) is 0 Å². The second kappa shape index (κ2) is 19.0. The predicted octanol–water partition coefficient (Wildman–Crippen LogP) is 5.44. The summed E-state index contributed by atoms with van der Waals surface area (Å²) in [5.74, 6) is 2.30. The molecule has 284 valence electrons. The molecule has 12 heteroatoms. The quantitative estimate of drug-likeness (QED) is 0.197. The van der Waals surface area contributed by atoms with Gasteiger partial charge in [-0.2, -0.15) is 0 Å². The van der Waals surface area contributed by atoms with Crippen molar-refractivity contribution in [2.75, 3.05) is 106 Å². The molecule has 0 saturated carbocycles. The van der Waals surface area contributed by atoms with Crippen molar-refractivity contribution in [2.45, 2.75) is 0 Å². The summed E-state index contributed by atoms with van der Waals surface area (Å²) in [6.07, 6.45) is 0. The number of carbonyl (C=O) groups excluding carboxylic acids is 2. The molecular formula is C42H44O12. The second-order valence-electron chi connectivity index (χ2n) is 12.6. The van der Waals surface area contributed by atoms with Gasteiger partial charge < -0.3 is 47.4 Å². The molecule has 7 rings (SSSR count). The van der Waals surface area contributed by atoms with Gasteiger partial charge in [-0.3, -0.25) is 9.59 Å². The third kappa shape index (κ3) is 9.45. The van der Waals surface area contributed by atoms with Crippen molar-refractivity contribution in [1.82, 2.24) is 0 Å². The third-order valence-electron chi connectivity index (χ3n) is 9.00. The lowest BCUT2D eigenvalue weighted by atomic mass is 10.1. The van der Waals surface area contributed by atoms with E-state index in [9.17, 15) is 9.59 Å². The van der Waals surface area contributed by atoms with Crippen LogP contribution in [0.4, 0.5) is 0 Å². The van der Waals surface area contributed by atoms with E-state index < -0.39 is 0 Å². The lowest BCUT2D eigenvalue weighted by molar-refractivity contribution is 0.00498. The smallest absolute Gasteiger partial charge is 0.194 e. The van der Waals surface area contributed by atoms with Crippen LogP contribution in [-0.4, -0.2) is 117 Å². The zero-order chi connectivity index (χ0) is 37.0. The number of ketones is 2. The fourth-order valence-electron chi connectivity index (χ4n) is 6.39. The molecule has 0 fully saturated rings. The van der Waals surface area contributed by atoms with Crippen molar-refractivity contribution < 1.29 is 57.0 Å². The number of hydrogen-bond donors (Lipinski definition) is 0. The Labute approximate surface area is 314 Å². The molecule has 0 saturated heterocycles. The van der Waals surface area contributed by atoms with E-state index in [-0.39, 0.29) is 11.6 Å². The summed E-state index contributed by atoms with van der Waals surface area (Å²) >= 11 is 0. The molecule has 8 bridgehead atoms. The summed E-state index contributed by atoms with van der Waals surface area (Å²) in [5.41, 5.74) is 5.92. The van der Waals surface area contributed by atoms with Crippen molar-refractivity contribution in [3.63, 3.8) is 0 Å². The molecular weight excluding hydrogens is 696 g/mol. The summed E-state index contributed by atoms with van der Waals surface area (Å²) < 4.78 is 57.2. The van der Waals surface area contributed by atoms with Crippen LogP contribution in [0.15, 0.2) is 72.8 Å². The molecule has 54 heavy (non-hydrogen) atoms. The second-order valence-corrected chi connectivity index (χ2v) is 12.6. The molecule has 0 spiro atoms. The first-order chi connectivity index (χ1) is 26.7. The Morgan fingerprint density at radius 3 is 0.685 bits per heavy atom. The Morgan fingerprint density at radius 1 is 0.259 bits per heavy atom. The SMILES string of the molecule is O=C1c2cc3ccc2-c2ccc(cc21)OCCOCCOCCOCCOc1ccc2c(c1)C(=O)c1cc(ccc1-2)OCCOCCOCCOCCO3. The van der Waals surface area contributed by atoms with Crippen LogP contribution in [0.2, 0.25) is 0 Å². The van der Waals surface area contributed by atoms with Gasteiger partial charge in [0.05, 0.1) is 79.3 Å². The standard InChI is InChI=1S/C42H44O12/c43-41-37-25-29-1-5-33(37)34-6-2-30(26-38(34)41)52-22-18-48-15-11-46-12-16-50-20-24-54-32-4-8-36-35-7-3-31(27-39(35)42(44)40(36)28-32)53-23-19-49-14-10-45-9-13-47-17-21-51-29/h1-8,25-28H,9-24H2. The van der Waals surface area contributed by atoms with E-state index in [0.717, 1.165) is 22.3 Å². The minimum absolute atomic E-state index is 0.0605. The van der Waals surface area contributed by atoms with Gasteiger partial charge in [0.2, 0.25) is 0 Å². The van der Waals surface area contributed by atoms with Gasteiger partial charge >= 0.3 is 0 Å². The Balaban J connectivity index is 0.881. The van der Waals surface area contributed by atoms with Crippen LogP contribution < -0.4 is 18.9 Å². The van der Waals surface area contributed by atoms with E-state index in [1.807, 2.05) is 48.5 Å². The van der Waals surface area contributed by atoms with Gasteiger partial charge in [-0.1, -0.05) is 0 Å². The molecule has 2 aliphatic carbocycles. The van der Waals surface area contributed by atoms with Crippen molar-refractivity contribution in [3.05, 3.63) is 95.1 Å². The number of ether oxygens (including phenoxy) is 10. The van der Waals surface area contributed by atoms with E-state index in [1.54, 1.807) is 24.3 Å². The lowest BCUT2D eigenvalue weighted by Crippen LogP contribution is -2.14. The molecule has 0 atom stereocenters. The van der Waals surface area contributed by atoms with Crippen molar-refractivity contribution in [2.24, 2.45) is 0 Å². The summed E-state index contributed by atoms with van der Waals surface area (Å²) in [7, 11) is 0. The van der Waals surface area contributed by atoms with Crippen LogP contribution in [0.1, 0.15) is 31.8 Å². The van der Waals surface area contributed by atoms with Gasteiger partial charge in [0.25, 0.3) is 0 Å². The molecule has 4 aromatic rings. The Hall–Kier alpha value is -4.82. The molecule has 0 radical (unpaired) electrons. The molecule has 0 aromatic heterocycles. The van der Waals surface area contributed by atoms with Gasteiger partial charge in [0.15, 0.2) is 11.6 Å². The zero-order valence-corrected chi connectivity index (χ0v) is 30.1. The Bertz CT molecular complexity index is 1640. The average molecular weight is 741 g/mol. The van der Waals surface area contributed by atoms with Crippen molar-refractivity contribution in [1.29, 1.82) is 0 Å². The highest BCUT2D eigenvalue weighted by molar-refractivity contribution is 6.22. The van der Waals surface area contributed by atoms with E-state index in [4.69, 9.17) is 47.4 Å². The van der Waals surface area contributed by atoms with Crippen LogP contribution in [0.25, 0.3) is 22.3 Å². The first-order valence-corrected chi connectivity index (χ1v) is 18.3. The maximum Gasteiger partial charge on any atom is 0.194 e. The van der Waals surface area contributed by atoms with Gasteiger partial charge in [-0.05, 0) is 95.1 Å². The molecule has 0 amide bonds. The third-order valence-corrected chi connectivity index (χ3v) is 9.00. The monoisotopic (exact) mass is 740 g/mol. The molecule has 0 unspecified atom stereocenters. The minimum Gasteiger partial charge on any atom is -0.491 e. The van der Waals surface area contributed by atoms with Gasteiger partial charge in [-0.25, -0.2) is 0 Å². The normalized spacial score (nSPS) is 18.1. The fourth-order valence-corrected chi connectivity index (χ4v) is 6.39. The predicted molar refractivity (Wildman–Crippen MR) is 198 cm³/mol. The number of fused-ring (bicyclic) bond motifs is 6. The number of carbonyl (C=O) groups is 2. The van der Waals surface area contributed by atoms with Crippen LogP contribution >= 0.6 is 0 Å². The van der Waals surface area contributed by atoms with Crippen LogP contribution in [-0.2, 0) is 28.4 Å². The molecule has 12 nitrogen and oxygen atoms in total. The van der Waals surface area contributed by atoms with E-state index >= 15 is 0 Å². The molecule has 3 aliphatic rings. The first-order valence-electron chi connectivity index (χ1n) is 18.3. The average Bonchev–Trinajstić information content (AvgIpc) is 3.63. The summed E-state index contributed by atoms with van der Waals surface area (Å²) in [4.78, 5) is 26.5. The highest BCUT2D eigenvalue weighted by Crippen LogP contribution is 2.41. The number of benzene rings is 4. The Kier molecular flexibility index (Phi) is 13.2. The lowest BCUT2D eigenvalue weighted by Gasteiger charge is -2.10. The zero-order valence-electron chi connectivity index (χ0n) is 30.1. The minimum atomic E-state index is -0.0605. The summed E-state index contributed by atoms with van der Waals surface area (Å²) in [6, 6.07) is 22.2. The number of hydrogen-bond acceptors (Lipinski definition) is 12. The first kappa shape index (κ1) is 37.5. The topological polar surface area (TPSA) is 126 Å². The van der Waals surface area contributed by atoms with E-state index in [1.165, 1.54) is 0 Å². The highest BCUT2D eigenvalue weighted by Gasteiger charge is 2.29. The number of rotatable bonds is 0. The molecule has 4 aromatic carbocycles. The maximum atomic E-state index is 13.3. The van der Waals surface area contributed by atoms with Crippen LogP contribution in [0.5, 0.6) is 23.0 Å². The van der Waals surface area contributed by atoms with Gasteiger partial charge in [0.1, 0.15) is 49.4 Å². The fraction of sp³-hybridized carbons (Fsp3) is 0.381.